The molecule has 0 bridgehead atoms. The molecule has 0 aromatic heterocycles. The minimum Gasteiger partial charge on any atom is -0.420 e. The zero-order valence-electron chi connectivity index (χ0n) is 9.64. The second-order valence-corrected chi connectivity index (χ2v) is 12.1. The highest BCUT2D eigenvalue weighted by Crippen LogP contribution is 2.12. The van der Waals surface area contributed by atoms with E-state index < -0.39 is 16.9 Å². The highest BCUT2D eigenvalue weighted by Gasteiger charge is 2.25. The Bertz CT molecular complexity index is 132. The molecule has 0 saturated carbocycles. The van der Waals surface area contributed by atoms with E-state index in [0.29, 0.717) is 0 Å². The van der Waals surface area contributed by atoms with Crippen LogP contribution in [0.25, 0.3) is 0 Å². The Morgan fingerprint density at radius 1 is 0.923 bits per heavy atom. The Morgan fingerprint density at radius 2 is 1.46 bits per heavy atom. The Balaban J connectivity index is 3.68. The van der Waals surface area contributed by atoms with Crippen molar-refractivity contribution in [2.75, 3.05) is 20.8 Å². The number of hydrogen-bond donors (Lipinski definition) is 0. The maximum atomic E-state index is 5.69. The first-order valence-electron chi connectivity index (χ1n) is 4.57. The van der Waals surface area contributed by atoms with Crippen molar-refractivity contribution in [1.29, 1.82) is 0 Å². The quantitative estimate of drug-likeness (QED) is 0.645. The molecular formula is C8H22O3Si2. The molecule has 0 aliphatic heterocycles. The summed E-state index contributed by atoms with van der Waals surface area (Å²) in [6.07, 6.45) is 0. The third kappa shape index (κ3) is 6.39. The summed E-state index contributed by atoms with van der Waals surface area (Å²) >= 11 is 0. The second-order valence-electron chi connectivity index (χ2n) is 4.17. The summed E-state index contributed by atoms with van der Waals surface area (Å²) < 4.78 is 16.4. The van der Waals surface area contributed by atoms with Gasteiger partial charge in [-0.2, -0.15) is 0 Å². The van der Waals surface area contributed by atoms with E-state index in [2.05, 4.69) is 13.1 Å². The van der Waals surface area contributed by atoms with E-state index in [9.17, 15) is 0 Å². The van der Waals surface area contributed by atoms with Gasteiger partial charge < -0.3 is 13.3 Å². The fourth-order valence-corrected chi connectivity index (χ4v) is 2.42. The van der Waals surface area contributed by atoms with Crippen molar-refractivity contribution in [1.82, 2.24) is 0 Å². The number of rotatable bonds is 6. The van der Waals surface area contributed by atoms with Gasteiger partial charge in [0, 0.05) is 20.8 Å². The SMILES string of the molecule is CO[Si](C)(C)CCO[Si](C)(C)OC. The van der Waals surface area contributed by atoms with Gasteiger partial charge in [0.15, 0.2) is 8.32 Å². The molecule has 0 aromatic carbocycles. The van der Waals surface area contributed by atoms with Crippen LogP contribution in [0.1, 0.15) is 0 Å². The van der Waals surface area contributed by atoms with Gasteiger partial charge in [0.05, 0.1) is 0 Å². The van der Waals surface area contributed by atoms with Gasteiger partial charge in [-0.05, 0) is 32.2 Å². The van der Waals surface area contributed by atoms with Crippen molar-refractivity contribution in [3.63, 3.8) is 0 Å². The topological polar surface area (TPSA) is 27.7 Å². The average Bonchev–Trinajstić information content (AvgIpc) is 2.04. The van der Waals surface area contributed by atoms with Crippen molar-refractivity contribution < 1.29 is 13.3 Å². The molecule has 0 heterocycles. The summed E-state index contributed by atoms with van der Waals surface area (Å²) in [5, 5.41) is 0. The fourth-order valence-electron chi connectivity index (χ4n) is 0.704. The molecule has 0 amide bonds. The van der Waals surface area contributed by atoms with Gasteiger partial charge in [0.1, 0.15) is 0 Å². The van der Waals surface area contributed by atoms with Crippen LogP contribution in [-0.4, -0.2) is 37.7 Å². The maximum Gasteiger partial charge on any atom is 0.331 e. The Labute approximate surface area is 83.8 Å². The molecule has 0 N–H and O–H groups in total. The van der Waals surface area contributed by atoms with Crippen LogP contribution in [0.5, 0.6) is 0 Å². The largest absolute Gasteiger partial charge is 0.420 e. The molecule has 0 saturated heterocycles. The summed E-state index contributed by atoms with van der Waals surface area (Å²) in [4.78, 5) is 0. The standard InChI is InChI=1S/C8H22O3Si2/c1-9-12(3,4)8-7-11-13(5,6)10-2/h7-8H2,1-6H3. The van der Waals surface area contributed by atoms with Crippen LogP contribution in [0.15, 0.2) is 0 Å². The zero-order chi connectivity index (χ0) is 10.5. The molecule has 3 nitrogen and oxygen atoms in total. The van der Waals surface area contributed by atoms with Crippen molar-refractivity contribution in [3.8, 4) is 0 Å². The van der Waals surface area contributed by atoms with Crippen LogP contribution in [0.3, 0.4) is 0 Å². The van der Waals surface area contributed by atoms with Crippen LogP contribution in [0.4, 0.5) is 0 Å². The van der Waals surface area contributed by atoms with Crippen LogP contribution in [-0.2, 0) is 13.3 Å². The normalized spacial score (nSPS) is 13.4. The van der Waals surface area contributed by atoms with E-state index in [1.807, 2.05) is 13.1 Å². The number of hydrogen-bond acceptors (Lipinski definition) is 3. The van der Waals surface area contributed by atoms with Gasteiger partial charge in [0.2, 0.25) is 0 Å². The van der Waals surface area contributed by atoms with Gasteiger partial charge in [-0.25, -0.2) is 0 Å². The summed E-state index contributed by atoms with van der Waals surface area (Å²) in [5.41, 5.74) is 0. The van der Waals surface area contributed by atoms with Gasteiger partial charge in [0.25, 0.3) is 0 Å². The molecule has 80 valence electrons. The minimum absolute atomic E-state index is 0.764. The summed E-state index contributed by atoms with van der Waals surface area (Å²) in [6, 6.07) is 1.03. The lowest BCUT2D eigenvalue weighted by molar-refractivity contribution is 0.218. The van der Waals surface area contributed by atoms with E-state index in [-0.39, 0.29) is 0 Å². The molecule has 0 radical (unpaired) electrons. The molecule has 13 heavy (non-hydrogen) atoms. The second kappa shape index (κ2) is 5.26. The van der Waals surface area contributed by atoms with Crippen LogP contribution >= 0.6 is 0 Å². The van der Waals surface area contributed by atoms with Crippen molar-refractivity contribution in [2.24, 2.45) is 0 Å². The smallest absolute Gasteiger partial charge is 0.331 e. The molecule has 5 heteroatoms. The zero-order valence-corrected chi connectivity index (χ0v) is 11.6. The van der Waals surface area contributed by atoms with E-state index in [1.165, 1.54) is 0 Å². The van der Waals surface area contributed by atoms with Crippen molar-refractivity contribution in [3.05, 3.63) is 0 Å². The summed E-state index contributed by atoms with van der Waals surface area (Å²) in [6.45, 7) is 9.25. The van der Waals surface area contributed by atoms with Crippen LogP contribution in [0.2, 0.25) is 32.2 Å². The van der Waals surface area contributed by atoms with E-state index >= 15 is 0 Å². The van der Waals surface area contributed by atoms with Crippen LogP contribution in [0, 0.1) is 0 Å². The summed E-state index contributed by atoms with van der Waals surface area (Å²) in [7, 11) is 0.225. The van der Waals surface area contributed by atoms with Crippen molar-refractivity contribution >= 4 is 16.9 Å². The molecule has 0 fully saturated rings. The predicted octanol–water partition coefficient (Wildman–Crippen LogP) is 2.20. The molecule has 0 aliphatic carbocycles. The predicted molar refractivity (Wildman–Crippen MR) is 59.7 cm³/mol. The molecule has 0 rings (SSSR count). The van der Waals surface area contributed by atoms with Gasteiger partial charge in [-0.1, -0.05) is 0 Å². The molecule has 0 unspecified atom stereocenters. The lowest BCUT2D eigenvalue weighted by Gasteiger charge is -2.24. The highest BCUT2D eigenvalue weighted by molar-refractivity contribution is 6.71. The van der Waals surface area contributed by atoms with Crippen LogP contribution < -0.4 is 0 Å². The lowest BCUT2D eigenvalue weighted by atomic mass is 10.9. The van der Waals surface area contributed by atoms with Gasteiger partial charge in [-0.15, -0.1) is 0 Å². The Morgan fingerprint density at radius 3 is 1.85 bits per heavy atom. The monoisotopic (exact) mass is 222 g/mol. The van der Waals surface area contributed by atoms with Gasteiger partial charge >= 0.3 is 8.56 Å². The van der Waals surface area contributed by atoms with E-state index in [0.717, 1.165) is 12.7 Å². The average molecular weight is 222 g/mol. The highest BCUT2D eigenvalue weighted by atomic mass is 28.4. The molecule has 0 spiro atoms. The lowest BCUT2D eigenvalue weighted by Crippen LogP contribution is -2.37. The molecule has 0 atom stereocenters. The third-order valence-electron chi connectivity index (χ3n) is 2.20. The van der Waals surface area contributed by atoms with E-state index in [4.69, 9.17) is 13.3 Å². The third-order valence-corrected chi connectivity index (χ3v) is 6.59. The first kappa shape index (κ1) is 13.3. The molecule has 0 aromatic rings. The Kier molecular flexibility index (Phi) is 5.38. The fraction of sp³-hybridized carbons (Fsp3) is 1.00. The van der Waals surface area contributed by atoms with Gasteiger partial charge in [-0.3, -0.25) is 0 Å². The Hall–Kier alpha value is 0.314. The van der Waals surface area contributed by atoms with Crippen molar-refractivity contribution in [2.45, 2.75) is 32.2 Å². The first-order valence-corrected chi connectivity index (χ1v) is 10.5. The maximum absolute atomic E-state index is 5.69. The first-order chi connectivity index (χ1) is 5.83. The minimum atomic E-state index is -1.82. The van der Waals surface area contributed by atoms with E-state index in [1.54, 1.807) is 14.2 Å². The summed E-state index contributed by atoms with van der Waals surface area (Å²) in [5.74, 6) is 0. The molecular weight excluding hydrogens is 200 g/mol. The molecule has 0 aliphatic rings.